The molecule has 0 aliphatic heterocycles. The van der Waals surface area contributed by atoms with Crippen molar-refractivity contribution in [3.63, 3.8) is 0 Å². The zero-order valence-electron chi connectivity index (χ0n) is 15.1. The monoisotopic (exact) mass is 359 g/mol. The molecule has 0 unspecified atom stereocenters. The molecule has 0 aliphatic rings. The molecule has 27 heavy (non-hydrogen) atoms. The van der Waals surface area contributed by atoms with Gasteiger partial charge in [0.15, 0.2) is 0 Å². The van der Waals surface area contributed by atoms with E-state index in [1.54, 1.807) is 24.3 Å². The normalized spacial score (nSPS) is 10.3. The second kappa shape index (κ2) is 8.19. The number of carbonyl (C=O) groups excluding carboxylic acids is 2. The van der Waals surface area contributed by atoms with Gasteiger partial charge in [-0.3, -0.25) is 14.5 Å². The molecule has 3 aromatic carbocycles. The summed E-state index contributed by atoms with van der Waals surface area (Å²) in [7, 11) is 0. The van der Waals surface area contributed by atoms with Crippen LogP contribution in [0.2, 0.25) is 0 Å². The Balaban J connectivity index is 1.86. The van der Waals surface area contributed by atoms with E-state index in [1.165, 1.54) is 4.90 Å². The Morgan fingerprint density at radius 1 is 0.926 bits per heavy atom. The van der Waals surface area contributed by atoms with Crippen molar-refractivity contribution < 1.29 is 9.59 Å². The van der Waals surface area contributed by atoms with E-state index >= 15 is 0 Å². The summed E-state index contributed by atoms with van der Waals surface area (Å²) in [5, 5.41) is 2.63. The van der Waals surface area contributed by atoms with Crippen molar-refractivity contribution >= 4 is 28.9 Å². The van der Waals surface area contributed by atoms with Crippen molar-refractivity contribution in [3.8, 4) is 0 Å². The molecule has 0 saturated heterocycles. The molecule has 0 atom stereocenters. The van der Waals surface area contributed by atoms with Crippen LogP contribution in [-0.4, -0.2) is 11.8 Å². The van der Waals surface area contributed by atoms with Crippen molar-refractivity contribution in [1.29, 1.82) is 0 Å². The number of amides is 2. The number of nitrogen functional groups attached to an aromatic ring is 1. The zero-order chi connectivity index (χ0) is 19.2. The summed E-state index contributed by atoms with van der Waals surface area (Å²) in [4.78, 5) is 27.0. The van der Waals surface area contributed by atoms with Crippen molar-refractivity contribution in [2.45, 2.75) is 13.5 Å². The summed E-state index contributed by atoms with van der Waals surface area (Å²) < 4.78 is 0. The Hall–Kier alpha value is -3.60. The number of rotatable bonds is 4. The third-order valence-electron chi connectivity index (χ3n) is 4.15. The highest BCUT2D eigenvalue weighted by Gasteiger charge is 2.24. The Morgan fingerprint density at radius 2 is 1.56 bits per heavy atom. The number of aryl methyl sites for hydroxylation is 1. The minimum atomic E-state index is -0.730. The van der Waals surface area contributed by atoms with E-state index in [-0.39, 0.29) is 0 Å². The Kier molecular flexibility index (Phi) is 5.52. The van der Waals surface area contributed by atoms with Crippen LogP contribution in [0.5, 0.6) is 0 Å². The first-order valence-electron chi connectivity index (χ1n) is 8.62. The number of nitrogens with one attached hydrogen (secondary N) is 1. The third-order valence-corrected chi connectivity index (χ3v) is 4.15. The number of benzene rings is 3. The number of carbonyl (C=O) groups is 2. The maximum atomic E-state index is 12.9. The van der Waals surface area contributed by atoms with E-state index in [0.29, 0.717) is 23.6 Å². The van der Waals surface area contributed by atoms with Gasteiger partial charge in [-0.2, -0.15) is 0 Å². The van der Waals surface area contributed by atoms with E-state index in [4.69, 9.17) is 5.73 Å². The van der Waals surface area contributed by atoms with E-state index < -0.39 is 11.8 Å². The van der Waals surface area contributed by atoms with Crippen LogP contribution in [0.25, 0.3) is 0 Å². The molecular weight excluding hydrogens is 338 g/mol. The molecule has 3 rings (SSSR count). The van der Waals surface area contributed by atoms with Gasteiger partial charge in [-0.1, -0.05) is 54.6 Å². The summed E-state index contributed by atoms with van der Waals surface area (Å²) in [5.41, 5.74) is 9.27. The lowest BCUT2D eigenvalue weighted by atomic mass is 10.1. The predicted octanol–water partition coefficient (Wildman–Crippen LogP) is 3.75. The fourth-order valence-corrected chi connectivity index (χ4v) is 2.73. The average Bonchev–Trinajstić information content (AvgIpc) is 2.70. The minimum Gasteiger partial charge on any atom is -0.397 e. The number of hydrogen-bond donors (Lipinski definition) is 2. The molecule has 0 heterocycles. The minimum absolute atomic E-state index is 0.292. The van der Waals surface area contributed by atoms with Crippen LogP contribution >= 0.6 is 0 Å². The first-order chi connectivity index (χ1) is 13.0. The lowest BCUT2D eigenvalue weighted by Gasteiger charge is -2.22. The zero-order valence-corrected chi connectivity index (χ0v) is 15.1. The van der Waals surface area contributed by atoms with Crippen LogP contribution < -0.4 is 16.0 Å². The second-order valence-corrected chi connectivity index (χ2v) is 6.26. The van der Waals surface area contributed by atoms with Gasteiger partial charge >= 0.3 is 11.8 Å². The fraction of sp³-hybridized carbons (Fsp3) is 0.0909. The highest BCUT2D eigenvalue weighted by Crippen LogP contribution is 2.21. The second-order valence-electron chi connectivity index (χ2n) is 6.26. The van der Waals surface area contributed by atoms with Crippen LogP contribution in [0.3, 0.4) is 0 Å². The number of nitrogens with zero attached hydrogens (tertiary/aromatic N) is 1. The Morgan fingerprint density at radius 3 is 2.22 bits per heavy atom. The third kappa shape index (κ3) is 4.52. The smallest absolute Gasteiger partial charge is 0.316 e. The van der Waals surface area contributed by atoms with E-state index in [0.717, 1.165) is 11.1 Å². The maximum absolute atomic E-state index is 12.9. The summed E-state index contributed by atoms with van der Waals surface area (Å²) >= 11 is 0. The molecule has 2 amide bonds. The fourth-order valence-electron chi connectivity index (χ4n) is 2.73. The Labute approximate surface area is 158 Å². The van der Waals surface area contributed by atoms with Gasteiger partial charge in [-0.05, 0) is 42.3 Å². The first-order valence-corrected chi connectivity index (χ1v) is 8.62. The van der Waals surface area contributed by atoms with E-state index in [9.17, 15) is 9.59 Å². The number of hydrogen-bond acceptors (Lipinski definition) is 3. The topological polar surface area (TPSA) is 75.4 Å². The molecule has 5 nitrogen and oxygen atoms in total. The molecule has 3 aromatic rings. The van der Waals surface area contributed by atoms with Gasteiger partial charge in [0.05, 0.1) is 17.9 Å². The highest BCUT2D eigenvalue weighted by atomic mass is 16.2. The van der Waals surface area contributed by atoms with Crippen LogP contribution in [-0.2, 0) is 16.1 Å². The van der Waals surface area contributed by atoms with Gasteiger partial charge in [0.1, 0.15) is 0 Å². The SMILES string of the molecule is Cc1ccc(N)c(NC(=O)C(=O)N(Cc2ccccc2)c2ccccc2)c1. The summed E-state index contributed by atoms with van der Waals surface area (Å²) in [6.45, 7) is 2.18. The molecular formula is C22H21N3O2. The maximum Gasteiger partial charge on any atom is 0.316 e. The van der Waals surface area contributed by atoms with Crippen molar-refractivity contribution in [3.05, 3.63) is 90.0 Å². The number of nitrogens with two attached hydrogens (primary N) is 1. The van der Waals surface area contributed by atoms with Gasteiger partial charge in [0.25, 0.3) is 0 Å². The van der Waals surface area contributed by atoms with Crippen LogP contribution in [0.15, 0.2) is 78.9 Å². The molecule has 136 valence electrons. The number of para-hydroxylation sites is 1. The van der Waals surface area contributed by atoms with Crippen molar-refractivity contribution in [2.75, 3.05) is 16.0 Å². The van der Waals surface area contributed by atoms with Gasteiger partial charge < -0.3 is 11.1 Å². The molecule has 0 fully saturated rings. The molecule has 0 aliphatic carbocycles. The molecule has 3 N–H and O–H groups in total. The van der Waals surface area contributed by atoms with Crippen LogP contribution in [0.4, 0.5) is 17.1 Å². The summed E-state index contributed by atoms with van der Waals surface area (Å²) in [6, 6.07) is 24.0. The standard InChI is InChI=1S/C22H21N3O2/c1-16-12-13-19(23)20(14-16)24-21(26)22(27)25(18-10-6-3-7-11-18)15-17-8-4-2-5-9-17/h2-14H,15,23H2,1H3,(H,24,26). The number of anilines is 3. The molecule has 0 spiro atoms. The van der Waals surface area contributed by atoms with E-state index in [2.05, 4.69) is 5.32 Å². The Bertz CT molecular complexity index is 940. The predicted molar refractivity (Wildman–Crippen MR) is 108 cm³/mol. The first kappa shape index (κ1) is 18.2. The molecule has 0 bridgehead atoms. The van der Waals surface area contributed by atoms with Crippen molar-refractivity contribution in [1.82, 2.24) is 0 Å². The van der Waals surface area contributed by atoms with Gasteiger partial charge in [0, 0.05) is 5.69 Å². The molecule has 0 saturated carbocycles. The summed E-state index contributed by atoms with van der Waals surface area (Å²) in [6.07, 6.45) is 0. The summed E-state index contributed by atoms with van der Waals surface area (Å²) in [5.74, 6) is -1.38. The van der Waals surface area contributed by atoms with E-state index in [1.807, 2.05) is 61.5 Å². The molecule has 0 radical (unpaired) electrons. The molecule has 0 aromatic heterocycles. The largest absolute Gasteiger partial charge is 0.397 e. The van der Waals surface area contributed by atoms with Crippen molar-refractivity contribution in [2.24, 2.45) is 0 Å². The van der Waals surface area contributed by atoms with Gasteiger partial charge in [-0.25, -0.2) is 0 Å². The van der Waals surface area contributed by atoms with Crippen LogP contribution in [0.1, 0.15) is 11.1 Å². The lowest BCUT2D eigenvalue weighted by Crippen LogP contribution is -2.39. The average molecular weight is 359 g/mol. The van der Waals surface area contributed by atoms with Gasteiger partial charge in [0.2, 0.25) is 0 Å². The van der Waals surface area contributed by atoms with Crippen LogP contribution in [0, 0.1) is 6.92 Å². The molecule has 5 heteroatoms. The lowest BCUT2D eigenvalue weighted by molar-refractivity contribution is -0.134. The van der Waals surface area contributed by atoms with Gasteiger partial charge in [-0.15, -0.1) is 0 Å². The quantitative estimate of drug-likeness (QED) is 0.550. The highest BCUT2D eigenvalue weighted by molar-refractivity contribution is 6.44.